The molecule has 6 nitrogen and oxygen atoms in total. The van der Waals surface area contributed by atoms with Crippen LogP contribution >= 0.6 is 0 Å². The topological polar surface area (TPSA) is 101 Å². The Morgan fingerprint density at radius 2 is 1.94 bits per heavy atom. The molecule has 0 rings (SSSR count). The number of carbonyl (C=O) groups is 2. The zero-order chi connectivity index (χ0) is 14.3. The molecule has 0 heterocycles. The van der Waals surface area contributed by atoms with Crippen molar-refractivity contribution in [2.75, 3.05) is 11.5 Å². The fourth-order valence-electron chi connectivity index (χ4n) is 1.37. The quantitative estimate of drug-likeness (QED) is 0.617. The number of aliphatic carboxylic acids is 1. The molecule has 0 aliphatic rings. The van der Waals surface area contributed by atoms with E-state index in [4.69, 9.17) is 5.11 Å². The molecular formula is C11H19NO5S. The average molecular weight is 277 g/mol. The Morgan fingerprint density at radius 3 is 2.33 bits per heavy atom. The Labute approximate surface area is 107 Å². The van der Waals surface area contributed by atoms with Crippen LogP contribution in [0.2, 0.25) is 0 Å². The third-order valence-electron chi connectivity index (χ3n) is 2.06. The van der Waals surface area contributed by atoms with Crippen LogP contribution in [0.3, 0.4) is 0 Å². The van der Waals surface area contributed by atoms with E-state index in [2.05, 4.69) is 11.9 Å². The van der Waals surface area contributed by atoms with E-state index in [1.54, 1.807) is 0 Å². The fraction of sp³-hybridized carbons (Fsp3) is 0.636. The lowest BCUT2D eigenvalue weighted by atomic mass is 10.0. The van der Waals surface area contributed by atoms with E-state index in [1.807, 2.05) is 13.8 Å². The number of sulfone groups is 1. The standard InChI is InChI=1S/C11H19NO5S/c1-4-5-18(16,17)7-10(13)12-9(11(14)15)6-8(2)3/h4,8-9H,1,5-7H2,2-3H3,(H,12,13)(H,14,15). The summed E-state index contributed by atoms with van der Waals surface area (Å²) in [4.78, 5) is 22.3. The SMILES string of the molecule is C=CCS(=O)(=O)CC(=O)NC(CC(C)C)C(=O)O. The molecule has 0 spiro atoms. The minimum Gasteiger partial charge on any atom is -0.480 e. The van der Waals surface area contributed by atoms with Gasteiger partial charge in [0.1, 0.15) is 11.8 Å². The number of rotatable bonds is 8. The second-order valence-electron chi connectivity index (χ2n) is 4.43. The van der Waals surface area contributed by atoms with Gasteiger partial charge >= 0.3 is 5.97 Å². The first-order valence-electron chi connectivity index (χ1n) is 5.51. The molecule has 104 valence electrons. The van der Waals surface area contributed by atoms with Gasteiger partial charge in [-0.3, -0.25) is 4.79 Å². The lowest BCUT2D eigenvalue weighted by Gasteiger charge is -2.16. The van der Waals surface area contributed by atoms with Gasteiger partial charge in [0, 0.05) is 0 Å². The fourth-order valence-corrected chi connectivity index (χ4v) is 2.33. The molecule has 2 N–H and O–H groups in total. The smallest absolute Gasteiger partial charge is 0.326 e. The number of amides is 1. The number of hydrogen-bond donors (Lipinski definition) is 2. The number of nitrogens with one attached hydrogen (secondary N) is 1. The molecule has 1 amide bonds. The summed E-state index contributed by atoms with van der Waals surface area (Å²) in [6.07, 6.45) is 1.44. The first-order valence-corrected chi connectivity index (χ1v) is 7.33. The molecule has 1 unspecified atom stereocenters. The van der Waals surface area contributed by atoms with Gasteiger partial charge in [0.15, 0.2) is 9.84 Å². The Kier molecular flexibility index (Phi) is 6.61. The normalized spacial score (nSPS) is 13.1. The average Bonchev–Trinajstić information content (AvgIpc) is 2.14. The molecular weight excluding hydrogens is 258 g/mol. The van der Waals surface area contributed by atoms with E-state index in [9.17, 15) is 18.0 Å². The van der Waals surface area contributed by atoms with Crippen molar-refractivity contribution < 1.29 is 23.1 Å². The van der Waals surface area contributed by atoms with Crippen LogP contribution in [0.25, 0.3) is 0 Å². The number of carboxylic acids is 1. The third kappa shape index (κ3) is 7.05. The van der Waals surface area contributed by atoms with Crippen LogP contribution in [0.4, 0.5) is 0 Å². The Balaban J connectivity index is 4.52. The summed E-state index contributed by atoms with van der Waals surface area (Å²) in [7, 11) is -3.55. The Hall–Kier alpha value is -1.37. The molecule has 1 atom stereocenters. The zero-order valence-corrected chi connectivity index (χ0v) is 11.4. The predicted octanol–water partition coefficient (Wildman–Crippen LogP) is 0.203. The molecule has 0 aromatic heterocycles. The number of carbonyl (C=O) groups excluding carboxylic acids is 1. The molecule has 0 aromatic carbocycles. The number of carboxylic acid groups (broad SMARTS) is 1. The van der Waals surface area contributed by atoms with E-state index in [0.717, 1.165) is 0 Å². The van der Waals surface area contributed by atoms with Crippen molar-refractivity contribution in [3.05, 3.63) is 12.7 Å². The molecule has 0 fully saturated rings. The van der Waals surface area contributed by atoms with E-state index >= 15 is 0 Å². The second kappa shape index (κ2) is 7.15. The van der Waals surface area contributed by atoms with Crippen molar-refractivity contribution in [2.45, 2.75) is 26.3 Å². The summed E-state index contributed by atoms with van der Waals surface area (Å²) in [5, 5.41) is 11.1. The molecule has 0 aliphatic carbocycles. The first kappa shape index (κ1) is 16.6. The van der Waals surface area contributed by atoms with Crippen LogP contribution in [0.1, 0.15) is 20.3 Å². The summed E-state index contributed by atoms with van der Waals surface area (Å²) < 4.78 is 22.7. The van der Waals surface area contributed by atoms with Gasteiger partial charge in [0.2, 0.25) is 5.91 Å². The second-order valence-corrected chi connectivity index (χ2v) is 6.54. The van der Waals surface area contributed by atoms with E-state index in [1.165, 1.54) is 6.08 Å². The highest BCUT2D eigenvalue weighted by Gasteiger charge is 2.23. The van der Waals surface area contributed by atoms with Crippen molar-refractivity contribution in [3.8, 4) is 0 Å². The van der Waals surface area contributed by atoms with Gasteiger partial charge in [-0.1, -0.05) is 19.9 Å². The largest absolute Gasteiger partial charge is 0.480 e. The Bertz CT molecular complexity index is 413. The van der Waals surface area contributed by atoms with E-state index < -0.39 is 33.5 Å². The van der Waals surface area contributed by atoms with Crippen LogP contribution in [0.5, 0.6) is 0 Å². The maximum Gasteiger partial charge on any atom is 0.326 e. The summed E-state index contributed by atoms with van der Waals surface area (Å²) >= 11 is 0. The zero-order valence-electron chi connectivity index (χ0n) is 10.5. The van der Waals surface area contributed by atoms with Crippen molar-refractivity contribution in [1.82, 2.24) is 5.32 Å². The molecule has 0 saturated carbocycles. The van der Waals surface area contributed by atoms with Gasteiger partial charge in [0.25, 0.3) is 0 Å². The van der Waals surface area contributed by atoms with Gasteiger partial charge in [-0.2, -0.15) is 0 Å². The van der Waals surface area contributed by atoms with E-state index in [0.29, 0.717) is 0 Å². The molecule has 0 bridgehead atoms. The molecule has 0 saturated heterocycles. The van der Waals surface area contributed by atoms with Crippen molar-refractivity contribution in [2.24, 2.45) is 5.92 Å². The van der Waals surface area contributed by atoms with Gasteiger partial charge in [-0.25, -0.2) is 13.2 Å². The highest BCUT2D eigenvalue weighted by molar-refractivity contribution is 7.92. The minimum atomic E-state index is -3.55. The third-order valence-corrected chi connectivity index (χ3v) is 3.51. The summed E-state index contributed by atoms with van der Waals surface area (Å²) in [5.74, 6) is -2.91. The summed E-state index contributed by atoms with van der Waals surface area (Å²) in [6.45, 7) is 6.91. The monoisotopic (exact) mass is 277 g/mol. The van der Waals surface area contributed by atoms with Gasteiger partial charge in [0.05, 0.1) is 5.75 Å². The maximum atomic E-state index is 11.4. The predicted molar refractivity (Wildman–Crippen MR) is 67.9 cm³/mol. The van der Waals surface area contributed by atoms with Crippen LogP contribution in [0.15, 0.2) is 12.7 Å². The summed E-state index contributed by atoms with van der Waals surface area (Å²) in [6, 6.07) is -1.06. The highest BCUT2D eigenvalue weighted by atomic mass is 32.2. The lowest BCUT2D eigenvalue weighted by Crippen LogP contribution is -2.44. The van der Waals surface area contributed by atoms with Crippen molar-refractivity contribution >= 4 is 21.7 Å². The van der Waals surface area contributed by atoms with E-state index in [-0.39, 0.29) is 18.1 Å². The van der Waals surface area contributed by atoms with Gasteiger partial charge in [-0.15, -0.1) is 6.58 Å². The van der Waals surface area contributed by atoms with Crippen LogP contribution < -0.4 is 5.32 Å². The number of hydrogen-bond acceptors (Lipinski definition) is 4. The molecule has 0 aliphatic heterocycles. The van der Waals surface area contributed by atoms with Crippen molar-refractivity contribution in [1.29, 1.82) is 0 Å². The molecule has 7 heteroatoms. The molecule has 18 heavy (non-hydrogen) atoms. The van der Waals surface area contributed by atoms with Gasteiger partial charge in [-0.05, 0) is 12.3 Å². The molecule has 0 radical (unpaired) electrons. The molecule has 0 aromatic rings. The minimum absolute atomic E-state index is 0.0798. The van der Waals surface area contributed by atoms with Crippen molar-refractivity contribution in [3.63, 3.8) is 0 Å². The van der Waals surface area contributed by atoms with Crippen LogP contribution in [-0.4, -0.2) is 42.9 Å². The highest BCUT2D eigenvalue weighted by Crippen LogP contribution is 2.05. The Morgan fingerprint density at radius 1 is 1.39 bits per heavy atom. The van der Waals surface area contributed by atoms with Gasteiger partial charge < -0.3 is 10.4 Å². The lowest BCUT2D eigenvalue weighted by molar-refractivity contribution is -0.141. The maximum absolute atomic E-state index is 11.4. The van der Waals surface area contributed by atoms with Crippen LogP contribution in [-0.2, 0) is 19.4 Å². The van der Waals surface area contributed by atoms with Crippen LogP contribution in [0, 0.1) is 5.92 Å². The summed E-state index contributed by atoms with van der Waals surface area (Å²) in [5.41, 5.74) is 0. The first-order chi connectivity index (χ1) is 8.18.